The molecule has 2 rings (SSSR count). The molecule has 2 heteroatoms. The Kier molecular flexibility index (Phi) is 5.29. The monoisotopic (exact) mass is 282 g/mol. The minimum absolute atomic E-state index is 0.656. The van der Waals surface area contributed by atoms with Gasteiger partial charge in [-0.05, 0) is 32.8 Å². The highest BCUT2D eigenvalue weighted by molar-refractivity contribution is 6.55. The number of hydrogen-bond acceptors (Lipinski definition) is 1. The topological polar surface area (TPSA) is 9.23 Å². The van der Waals surface area contributed by atoms with Gasteiger partial charge in [-0.1, -0.05) is 70.2 Å². The lowest BCUT2D eigenvalue weighted by molar-refractivity contribution is 0.536. The molecular weight excluding hydrogens is 259 g/mol. The summed E-state index contributed by atoms with van der Waals surface area (Å²) in [5.74, 6) is 1.02. The minimum Gasteiger partial charge on any atom is -0.642 e. The van der Waals surface area contributed by atoms with Gasteiger partial charge in [0.25, 0.3) is 0 Å². The summed E-state index contributed by atoms with van der Waals surface area (Å²) in [6.07, 6.45) is 0. The van der Waals surface area contributed by atoms with E-state index < -0.39 is 14.5 Å². The van der Waals surface area contributed by atoms with Gasteiger partial charge in [0.15, 0.2) is 0 Å². The van der Waals surface area contributed by atoms with Gasteiger partial charge in [0, 0.05) is 0 Å². The van der Waals surface area contributed by atoms with Crippen LogP contribution in [0.5, 0.6) is 5.75 Å². The van der Waals surface area contributed by atoms with Gasteiger partial charge in [-0.3, -0.25) is 0 Å². The third-order valence-electron chi connectivity index (χ3n) is 3.55. The molecule has 0 saturated carbocycles. The smallest absolute Gasteiger partial charge is 0.552 e. The summed E-state index contributed by atoms with van der Waals surface area (Å²) in [7, 11) is 0. The third kappa shape index (κ3) is 3.88. The molecule has 0 fully saturated rings. The average Bonchev–Trinajstić information content (AvgIpc) is 2.45. The number of rotatable bonds is 5. The molecule has 2 aromatic carbocycles. The second-order valence-corrected chi connectivity index (χ2v) is 9.79. The zero-order valence-electron chi connectivity index (χ0n) is 12.8. The first-order valence-electron chi connectivity index (χ1n) is 7.40. The summed E-state index contributed by atoms with van der Waals surface area (Å²) in [5.41, 5.74) is 2.49. The fourth-order valence-electron chi connectivity index (χ4n) is 2.56. The van der Waals surface area contributed by atoms with Crippen LogP contribution in [0, 0.1) is 0 Å². The summed E-state index contributed by atoms with van der Waals surface area (Å²) >= 11 is -1.20. The molecule has 20 heavy (non-hydrogen) atoms. The molecule has 0 bridgehead atoms. The van der Waals surface area contributed by atoms with E-state index in [0.717, 1.165) is 5.75 Å². The van der Waals surface area contributed by atoms with Crippen LogP contribution in [0.25, 0.3) is 11.1 Å². The average molecular weight is 282 g/mol. The zero-order valence-corrected chi connectivity index (χ0v) is 14.0. The van der Waals surface area contributed by atoms with E-state index in [4.69, 9.17) is 3.79 Å². The Morgan fingerprint density at radius 2 is 1.20 bits per heavy atom. The quantitative estimate of drug-likeness (QED) is 0.654. The number of benzene rings is 2. The van der Waals surface area contributed by atoms with E-state index in [2.05, 4.69) is 76.2 Å². The van der Waals surface area contributed by atoms with Gasteiger partial charge >= 0.3 is 14.5 Å². The molecule has 0 aromatic heterocycles. The SMILES string of the molecule is C[CH](C)[Al]([O]c1ccc(-c2ccccc2)cc1)[CH](C)C. The first kappa shape index (κ1) is 15.2. The van der Waals surface area contributed by atoms with Gasteiger partial charge in [-0.15, -0.1) is 0 Å². The second-order valence-electron chi connectivity index (χ2n) is 5.96. The van der Waals surface area contributed by atoms with Crippen LogP contribution in [0.4, 0.5) is 0 Å². The van der Waals surface area contributed by atoms with Gasteiger partial charge < -0.3 is 3.79 Å². The predicted molar refractivity (Wildman–Crippen MR) is 88.5 cm³/mol. The molecule has 0 radical (unpaired) electrons. The fraction of sp³-hybridized carbons (Fsp3) is 0.333. The van der Waals surface area contributed by atoms with Crippen LogP contribution in [0.2, 0.25) is 9.56 Å². The van der Waals surface area contributed by atoms with Crippen molar-refractivity contribution in [2.45, 2.75) is 37.3 Å². The molecular formula is C18H23AlO. The van der Waals surface area contributed by atoms with E-state index in [0.29, 0.717) is 9.56 Å². The zero-order chi connectivity index (χ0) is 14.5. The van der Waals surface area contributed by atoms with Crippen LogP contribution in [-0.2, 0) is 0 Å². The van der Waals surface area contributed by atoms with Crippen molar-refractivity contribution in [3.63, 3.8) is 0 Å². The van der Waals surface area contributed by atoms with Crippen molar-refractivity contribution in [2.75, 3.05) is 0 Å². The molecule has 0 heterocycles. The summed E-state index contributed by atoms with van der Waals surface area (Å²) in [5, 5.41) is 0. The maximum absolute atomic E-state index is 6.27. The van der Waals surface area contributed by atoms with E-state index >= 15 is 0 Å². The minimum atomic E-state index is -1.20. The van der Waals surface area contributed by atoms with Gasteiger partial charge in [0.2, 0.25) is 0 Å². The van der Waals surface area contributed by atoms with Crippen LogP contribution >= 0.6 is 0 Å². The molecule has 2 aromatic rings. The Morgan fingerprint density at radius 1 is 0.700 bits per heavy atom. The summed E-state index contributed by atoms with van der Waals surface area (Å²) in [6.45, 7) is 9.09. The molecule has 0 aliphatic rings. The molecule has 0 unspecified atom stereocenters. The van der Waals surface area contributed by atoms with Crippen LogP contribution in [0.15, 0.2) is 54.6 Å². The molecule has 0 atom stereocenters. The van der Waals surface area contributed by atoms with Crippen LogP contribution in [-0.4, -0.2) is 14.5 Å². The Morgan fingerprint density at radius 3 is 1.70 bits per heavy atom. The molecule has 0 aliphatic heterocycles. The van der Waals surface area contributed by atoms with E-state index in [9.17, 15) is 0 Å². The molecule has 0 aliphatic carbocycles. The third-order valence-corrected chi connectivity index (χ3v) is 6.72. The number of hydrogen-bond donors (Lipinski definition) is 0. The lowest BCUT2D eigenvalue weighted by Crippen LogP contribution is -2.28. The summed E-state index contributed by atoms with van der Waals surface area (Å²) < 4.78 is 7.58. The van der Waals surface area contributed by atoms with Crippen molar-refractivity contribution in [1.82, 2.24) is 0 Å². The highest BCUT2D eigenvalue weighted by Gasteiger charge is 2.31. The fourth-order valence-corrected chi connectivity index (χ4v) is 5.11. The van der Waals surface area contributed by atoms with Crippen molar-refractivity contribution in [1.29, 1.82) is 0 Å². The van der Waals surface area contributed by atoms with E-state index in [-0.39, 0.29) is 0 Å². The predicted octanol–water partition coefficient (Wildman–Crippen LogP) is 5.54. The summed E-state index contributed by atoms with van der Waals surface area (Å²) in [6, 6.07) is 19.0. The van der Waals surface area contributed by atoms with Gasteiger partial charge in [-0.2, -0.15) is 0 Å². The Hall–Kier alpha value is -1.23. The lowest BCUT2D eigenvalue weighted by Gasteiger charge is -2.21. The van der Waals surface area contributed by atoms with Crippen molar-refractivity contribution in [3.8, 4) is 16.9 Å². The second kappa shape index (κ2) is 6.98. The normalized spacial score (nSPS) is 10.9. The van der Waals surface area contributed by atoms with E-state index in [1.165, 1.54) is 11.1 Å². The highest BCUT2D eigenvalue weighted by atomic mass is 27.2. The summed E-state index contributed by atoms with van der Waals surface area (Å²) in [4.78, 5) is 0. The van der Waals surface area contributed by atoms with Crippen LogP contribution < -0.4 is 3.79 Å². The van der Waals surface area contributed by atoms with Gasteiger partial charge in [0.05, 0.1) is 5.75 Å². The Labute approximate surface area is 127 Å². The molecule has 0 saturated heterocycles. The maximum atomic E-state index is 6.27. The Bertz CT molecular complexity index is 509. The largest absolute Gasteiger partial charge is 0.642 e. The van der Waals surface area contributed by atoms with E-state index in [1.54, 1.807) is 0 Å². The first-order valence-corrected chi connectivity index (χ1v) is 9.20. The Balaban J connectivity index is 2.12. The van der Waals surface area contributed by atoms with Crippen molar-refractivity contribution >= 4 is 14.5 Å². The molecule has 0 amide bonds. The van der Waals surface area contributed by atoms with Gasteiger partial charge in [-0.25, -0.2) is 0 Å². The molecule has 104 valence electrons. The molecule has 0 N–H and O–H groups in total. The molecule has 1 nitrogen and oxygen atoms in total. The van der Waals surface area contributed by atoms with Crippen LogP contribution in [0.3, 0.4) is 0 Å². The van der Waals surface area contributed by atoms with Crippen molar-refractivity contribution in [3.05, 3.63) is 54.6 Å². The molecule has 0 spiro atoms. The first-order chi connectivity index (χ1) is 9.58. The highest BCUT2D eigenvalue weighted by Crippen LogP contribution is 2.26. The van der Waals surface area contributed by atoms with Gasteiger partial charge in [0.1, 0.15) is 0 Å². The standard InChI is InChI=1S/C12H10O.2C3H7.Al/c13-12-8-6-11(7-9-12)10-4-2-1-3-5-10;2*1-3-2;/h1-9,13H;2*3H,1-2H3;/q;;;+1/p-1. The lowest BCUT2D eigenvalue weighted by atomic mass is 10.1. The maximum Gasteiger partial charge on any atom is 0.552 e. The van der Waals surface area contributed by atoms with Crippen molar-refractivity contribution in [2.24, 2.45) is 0 Å². The van der Waals surface area contributed by atoms with Crippen molar-refractivity contribution < 1.29 is 3.79 Å². The van der Waals surface area contributed by atoms with E-state index in [1.807, 2.05) is 6.07 Å². The van der Waals surface area contributed by atoms with Crippen LogP contribution in [0.1, 0.15) is 27.7 Å².